The Hall–Kier alpha value is -1.81. The van der Waals surface area contributed by atoms with Crippen LogP contribution in [-0.2, 0) is 0 Å². The maximum atomic E-state index is 11.5. The zero-order chi connectivity index (χ0) is 12.4. The van der Waals surface area contributed by atoms with E-state index >= 15 is 0 Å². The normalized spacial score (nSPS) is 16.9. The molecule has 0 radical (unpaired) electrons. The number of hydrogen-bond donors (Lipinski definition) is 1. The van der Waals surface area contributed by atoms with Gasteiger partial charge in [-0.3, -0.25) is 0 Å². The van der Waals surface area contributed by atoms with Gasteiger partial charge in [-0.2, -0.15) is 0 Å². The molecule has 1 fully saturated rings. The van der Waals surface area contributed by atoms with E-state index in [2.05, 4.69) is 5.32 Å². The Morgan fingerprint density at radius 2 is 2.06 bits per heavy atom. The molecule has 1 aromatic heterocycles. The third-order valence-corrected chi connectivity index (χ3v) is 3.25. The van der Waals surface area contributed by atoms with Crippen LogP contribution in [0, 0.1) is 0 Å². The molecule has 4 heteroatoms. The minimum absolute atomic E-state index is 0.267. The van der Waals surface area contributed by atoms with E-state index in [1.54, 1.807) is 12.1 Å². The lowest BCUT2D eigenvalue weighted by atomic mass is 10.1. The standard InChI is InChI=1S/C14H15NO3/c16-14-13-2-1-12(9-10(13)5-8-17-14)18-11-3-6-15-7-4-11/h1-2,5,8-9,11,15H,3-4,6-7H2. The SMILES string of the molecule is O=c1occc2cc(OC3CCNCC3)ccc12. The molecule has 1 aliphatic rings. The smallest absolute Gasteiger partial charge is 0.343 e. The predicted octanol–water partition coefficient (Wildman–Crippen LogP) is 1.92. The van der Waals surface area contributed by atoms with Crippen LogP contribution in [0.2, 0.25) is 0 Å². The van der Waals surface area contributed by atoms with Crippen molar-refractivity contribution in [1.29, 1.82) is 0 Å². The maximum Gasteiger partial charge on any atom is 0.343 e. The minimum atomic E-state index is -0.305. The van der Waals surface area contributed by atoms with Gasteiger partial charge >= 0.3 is 5.63 Å². The van der Waals surface area contributed by atoms with E-state index in [1.807, 2.05) is 12.1 Å². The summed E-state index contributed by atoms with van der Waals surface area (Å²) >= 11 is 0. The summed E-state index contributed by atoms with van der Waals surface area (Å²) in [5.74, 6) is 0.819. The summed E-state index contributed by atoms with van der Waals surface area (Å²) < 4.78 is 10.8. The monoisotopic (exact) mass is 245 g/mol. The second-order valence-corrected chi connectivity index (χ2v) is 4.52. The van der Waals surface area contributed by atoms with Crippen LogP contribution in [0.4, 0.5) is 0 Å². The Bertz CT molecular complexity index is 599. The number of benzene rings is 1. The van der Waals surface area contributed by atoms with Gasteiger partial charge in [0.2, 0.25) is 0 Å². The lowest BCUT2D eigenvalue weighted by molar-refractivity contribution is 0.162. The lowest BCUT2D eigenvalue weighted by Crippen LogP contribution is -2.34. The number of rotatable bonds is 2. The van der Waals surface area contributed by atoms with Gasteiger partial charge in [-0.1, -0.05) is 0 Å². The first kappa shape index (κ1) is 11.3. The molecule has 1 saturated heterocycles. The highest BCUT2D eigenvalue weighted by atomic mass is 16.5. The fraction of sp³-hybridized carbons (Fsp3) is 0.357. The summed E-state index contributed by atoms with van der Waals surface area (Å²) in [6.45, 7) is 2.00. The van der Waals surface area contributed by atoms with Crippen molar-refractivity contribution in [2.45, 2.75) is 18.9 Å². The Morgan fingerprint density at radius 1 is 1.22 bits per heavy atom. The van der Waals surface area contributed by atoms with Gasteiger partial charge in [0.05, 0.1) is 11.6 Å². The average Bonchev–Trinajstić information content (AvgIpc) is 2.40. The second-order valence-electron chi connectivity index (χ2n) is 4.52. The van der Waals surface area contributed by atoms with Crippen LogP contribution in [0.1, 0.15) is 12.8 Å². The predicted molar refractivity (Wildman–Crippen MR) is 69.0 cm³/mol. The van der Waals surface area contributed by atoms with Crippen LogP contribution in [0.15, 0.2) is 39.7 Å². The molecule has 0 aliphatic carbocycles. The first-order valence-corrected chi connectivity index (χ1v) is 6.22. The van der Waals surface area contributed by atoms with E-state index in [-0.39, 0.29) is 11.7 Å². The third-order valence-electron chi connectivity index (χ3n) is 3.25. The molecule has 94 valence electrons. The van der Waals surface area contributed by atoms with E-state index < -0.39 is 0 Å². The molecule has 0 spiro atoms. The first-order valence-electron chi connectivity index (χ1n) is 6.22. The van der Waals surface area contributed by atoms with Crippen molar-refractivity contribution in [3.05, 3.63) is 40.9 Å². The molecule has 2 heterocycles. The highest BCUT2D eigenvalue weighted by molar-refractivity contribution is 5.82. The first-order chi connectivity index (χ1) is 8.83. The van der Waals surface area contributed by atoms with Crippen LogP contribution >= 0.6 is 0 Å². The minimum Gasteiger partial charge on any atom is -0.490 e. The van der Waals surface area contributed by atoms with E-state index in [4.69, 9.17) is 9.15 Å². The van der Waals surface area contributed by atoms with Crippen LogP contribution in [0.25, 0.3) is 10.8 Å². The Morgan fingerprint density at radius 3 is 2.89 bits per heavy atom. The van der Waals surface area contributed by atoms with Gasteiger partial charge in [0.1, 0.15) is 11.9 Å². The number of piperidine rings is 1. The quantitative estimate of drug-likeness (QED) is 0.878. The lowest BCUT2D eigenvalue weighted by Gasteiger charge is -2.23. The molecule has 0 bridgehead atoms. The summed E-state index contributed by atoms with van der Waals surface area (Å²) in [6, 6.07) is 7.28. The zero-order valence-corrected chi connectivity index (χ0v) is 10.0. The van der Waals surface area contributed by atoms with Gasteiger partial charge in [-0.15, -0.1) is 0 Å². The third kappa shape index (κ3) is 2.24. The molecular formula is C14H15NO3. The molecule has 1 aromatic carbocycles. The summed E-state index contributed by atoms with van der Waals surface area (Å²) in [5, 5.41) is 4.76. The molecule has 0 amide bonds. The summed E-state index contributed by atoms with van der Waals surface area (Å²) in [4.78, 5) is 11.5. The topological polar surface area (TPSA) is 51.5 Å². The van der Waals surface area contributed by atoms with Crippen LogP contribution in [0.5, 0.6) is 5.75 Å². The Balaban J connectivity index is 1.86. The summed E-state index contributed by atoms with van der Waals surface area (Å²) in [5.41, 5.74) is -0.305. The molecule has 0 atom stereocenters. The Kier molecular flexibility index (Phi) is 3.02. The summed E-state index contributed by atoms with van der Waals surface area (Å²) in [7, 11) is 0. The number of hydrogen-bond acceptors (Lipinski definition) is 4. The van der Waals surface area contributed by atoms with Crippen molar-refractivity contribution in [3.8, 4) is 5.75 Å². The highest BCUT2D eigenvalue weighted by Crippen LogP contribution is 2.21. The molecule has 18 heavy (non-hydrogen) atoms. The molecule has 1 aliphatic heterocycles. The van der Waals surface area contributed by atoms with Crippen molar-refractivity contribution >= 4 is 10.8 Å². The Labute approximate surface area is 105 Å². The van der Waals surface area contributed by atoms with Gasteiger partial charge in [0.25, 0.3) is 0 Å². The second kappa shape index (κ2) is 4.82. The van der Waals surface area contributed by atoms with E-state index in [9.17, 15) is 4.79 Å². The largest absolute Gasteiger partial charge is 0.490 e. The number of ether oxygens (including phenoxy) is 1. The van der Waals surface area contributed by atoms with E-state index in [0.717, 1.165) is 37.1 Å². The van der Waals surface area contributed by atoms with Crippen LogP contribution in [-0.4, -0.2) is 19.2 Å². The van der Waals surface area contributed by atoms with Crippen molar-refractivity contribution in [2.75, 3.05) is 13.1 Å². The van der Waals surface area contributed by atoms with Gasteiger partial charge in [0.15, 0.2) is 0 Å². The van der Waals surface area contributed by atoms with Crippen molar-refractivity contribution in [2.24, 2.45) is 0 Å². The van der Waals surface area contributed by atoms with Gasteiger partial charge in [-0.25, -0.2) is 4.79 Å². The van der Waals surface area contributed by atoms with Crippen molar-refractivity contribution in [3.63, 3.8) is 0 Å². The zero-order valence-electron chi connectivity index (χ0n) is 10.0. The van der Waals surface area contributed by atoms with Crippen molar-refractivity contribution in [1.82, 2.24) is 5.32 Å². The molecular weight excluding hydrogens is 230 g/mol. The molecule has 1 N–H and O–H groups in total. The van der Waals surface area contributed by atoms with Crippen LogP contribution < -0.4 is 15.7 Å². The molecule has 0 unspecified atom stereocenters. The average molecular weight is 245 g/mol. The summed E-state index contributed by atoms with van der Waals surface area (Å²) in [6.07, 6.45) is 3.73. The maximum absolute atomic E-state index is 11.5. The number of fused-ring (bicyclic) bond motifs is 1. The fourth-order valence-corrected chi connectivity index (χ4v) is 2.28. The fourth-order valence-electron chi connectivity index (χ4n) is 2.28. The van der Waals surface area contributed by atoms with Gasteiger partial charge in [-0.05, 0) is 55.6 Å². The molecule has 2 aromatic rings. The highest BCUT2D eigenvalue weighted by Gasteiger charge is 2.14. The van der Waals surface area contributed by atoms with Gasteiger partial charge < -0.3 is 14.5 Å². The van der Waals surface area contributed by atoms with Crippen LogP contribution in [0.3, 0.4) is 0 Å². The van der Waals surface area contributed by atoms with E-state index in [0.29, 0.717) is 5.39 Å². The van der Waals surface area contributed by atoms with Crippen molar-refractivity contribution < 1.29 is 9.15 Å². The van der Waals surface area contributed by atoms with E-state index in [1.165, 1.54) is 6.26 Å². The molecule has 3 rings (SSSR count). The molecule has 0 saturated carbocycles. The molecule has 4 nitrogen and oxygen atoms in total. The number of nitrogens with one attached hydrogen (secondary N) is 1. The van der Waals surface area contributed by atoms with Gasteiger partial charge in [0, 0.05) is 0 Å².